The lowest BCUT2D eigenvalue weighted by Crippen LogP contribution is -2.09. The van der Waals surface area contributed by atoms with Gasteiger partial charge in [0.25, 0.3) is 0 Å². The minimum Gasteiger partial charge on any atom is -0.363 e. The van der Waals surface area contributed by atoms with Crippen LogP contribution < -0.4 is 5.32 Å². The quantitative estimate of drug-likeness (QED) is 0.910. The zero-order chi connectivity index (χ0) is 13.8. The maximum absolute atomic E-state index is 12.9. The van der Waals surface area contributed by atoms with Crippen LogP contribution in [-0.4, -0.2) is 9.97 Å². The minimum absolute atomic E-state index is 0.0691. The van der Waals surface area contributed by atoms with E-state index in [4.69, 9.17) is 0 Å². The van der Waals surface area contributed by atoms with Gasteiger partial charge in [-0.3, -0.25) is 0 Å². The highest BCUT2D eigenvalue weighted by molar-refractivity contribution is 5.39. The van der Waals surface area contributed by atoms with Crippen molar-refractivity contribution in [2.24, 2.45) is 0 Å². The first-order chi connectivity index (χ1) is 9.08. The van der Waals surface area contributed by atoms with Gasteiger partial charge in [-0.25, -0.2) is 14.4 Å². The number of benzene rings is 1. The van der Waals surface area contributed by atoms with Crippen molar-refractivity contribution in [1.82, 2.24) is 9.97 Å². The Balaban J connectivity index is 2.16. The molecular weight excluding hydrogens is 241 g/mol. The van der Waals surface area contributed by atoms with Crippen molar-refractivity contribution in [3.05, 3.63) is 53.2 Å². The normalized spacial score (nSPS) is 12.2. The highest BCUT2D eigenvalue weighted by Gasteiger charge is 2.07. The van der Waals surface area contributed by atoms with E-state index < -0.39 is 0 Å². The Bertz CT molecular complexity index is 552. The molecule has 0 fully saturated rings. The SMILES string of the molecule is CCc1cc(NC(C)c2ccc(F)cc2)nc(C)n1. The Morgan fingerprint density at radius 2 is 1.89 bits per heavy atom. The first kappa shape index (κ1) is 13.5. The molecule has 100 valence electrons. The van der Waals surface area contributed by atoms with E-state index in [-0.39, 0.29) is 11.9 Å². The van der Waals surface area contributed by atoms with Gasteiger partial charge in [0, 0.05) is 17.8 Å². The van der Waals surface area contributed by atoms with Crippen LogP contribution in [0.2, 0.25) is 0 Å². The molecule has 4 heteroatoms. The Morgan fingerprint density at radius 1 is 1.21 bits per heavy atom. The van der Waals surface area contributed by atoms with E-state index >= 15 is 0 Å². The van der Waals surface area contributed by atoms with E-state index in [1.807, 2.05) is 19.9 Å². The second kappa shape index (κ2) is 5.78. The number of anilines is 1. The average Bonchev–Trinajstić information content (AvgIpc) is 2.38. The molecule has 0 saturated carbocycles. The second-order valence-corrected chi connectivity index (χ2v) is 4.56. The average molecular weight is 259 g/mol. The molecule has 0 bridgehead atoms. The third kappa shape index (κ3) is 3.50. The van der Waals surface area contributed by atoms with E-state index in [1.54, 1.807) is 12.1 Å². The summed E-state index contributed by atoms with van der Waals surface area (Å²) in [6.45, 7) is 5.97. The molecule has 1 unspecified atom stereocenters. The summed E-state index contributed by atoms with van der Waals surface area (Å²) >= 11 is 0. The summed E-state index contributed by atoms with van der Waals surface area (Å²) in [5, 5.41) is 3.32. The zero-order valence-corrected chi connectivity index (χ0v) is 11.4. The fourth-order valence-corrected chi connectivity index (χ4v) is 1.94. The molecule has 2 rings (SSSR count). The highest BCUT2D eigenvalue weighted by Crippen LogP contribution is 2.18. The molecule has 2 aromatic rings. The summed E-state index contributed by atoms with van der Waals surface area (Å²) < 4.78 is 12.9. The van der Waals surface area contributed by atoms with Gasteiger partial charge in [-0.2, -0.15) is 0 Å². The molecule has 19 heavy (non-hydrogen) atoms. The van der Waals surface area contributed by atoms with Crippen LogP contribution in [0.15, 0.2) is 30.3 Å². The van der Waals surface area contributed by atoms with Gasteiger partial charge in [-0.15, -0.1) is 0 Å². The van der Waals surface area contributed by atoms with Crippen molar-refractivity contribution in [2.75, 3.05) is 5.32 Å². The van der Waals surface area contributed by atoms with Gasteiger partial charge in [0.2, 0.25) is 0 Å². The predicted octanol–water partition coefficient (Wildman–Crippen LogP) is 3.66. The zero-order valence-electron chi connectivity index (χ0n) is 11.4. The number of nitrogens with zero attached hydrogens (tertiary/aromatic N) is 2. The highest BCUT2D eigenvalue weighted by atomic mass is 19.1. The molecule has 1 N–H and O–H groups in total. The maximum atomic E-state index is 12.9. The summed E-state index contributed by atoms with van der Waals surface area (Å²) in [7, 11) is 0. The van der Waals surface area contributed by atoms with Crippen molar-refractivity contribution in [1.29, 1.82) is 0 Å². The summed E-state index contributed by atoms with van der Waals surface area (Å²) in [6.07, 6.45) is 0.878. The van der Waals surface area contributed by atoms with Crippen LogP contribution in [0.4, 0.5) is 10.2 Å². The topological polar surface area (TPSA) is 37.8 Å². The second-order valence-electron chi connectivity index (χ2n) is 4.56. The van der Waals surface area contributed by atoms with E-state index in [2.05, 4.69) is 22.2 Å². The van der Waals surface area contributed by atoms with Crippen molar-refractivity contribution in [3.8, 4) is 0 Å². The smallest absolute Gasteiger partial charge is 0.130 e. The standard InChI is InChI=1S/C15H18FN3/c1-4-14-9-15(19-11(3)18-14)17-10(2)12-5-7-13(16)8-6-12/h5-10H,4H2,1-3H3,(H,17,18,19). The van der Waals surface area contributed by atoms with Gasteiger partial charge >= 0.3 is 0 Å². The van der Waals surface area contributed by atoms with Gasteiger partial charge < -0.3 is 5.32 Å². The molecule has 1 heterocycles. The van der Waals surface area contributed by atoms with Gasteiger partial charge in [0.1, 0.15) is 17.5 Å². The largest absolute Gasteiger partial charge is 0.363 e. The number of hydrogen-bond acceptors (Lipinski definition) is 3. The molecule has 3 nitrogen and oxygen atoms in total. The first-order valence-electron chi connectivity index (χ1n) is 6.45. The molecule has 0 saturated heterocycles. The fraction of sp³-hybridized carbons (Fsp3) is 0.333. The van der Waals surface area contributed by atoms with Crippen LogP contribution in [0.3, 0.4) is 0 Å². The molecule has 1 atom stereocenters. The molecular formula is C15H18FN3. The third-order valence-electron chi connectivity index (χ3n) is 2.99. The number of halogens is 1. The lowest BCUT2D eigenvalue weighted by molar-refractivity contribution is 0.626. The Morgan fingerprint density at radius 3 is 2.53 bits per heavy atom. The first-order valence-corrected chi connectivity index (χ1v) is 6.45. The van der Waals surface area contributed by atoms with Crippen LogP contribution >= 0.6 is 0 Å². The fourth-order valence-electron chi connectivity index (χ4n) is 1.94. The van der Waals surface area contributed by atoms with Crippen molar-refractivity contribution in [2.45, 2.75) is 33.2 Å². The molecule has 1 aromatic carbocycles. The molecule has 0 aliphatic rings. The Kier molecular flexibility index (Phi) is 4.10. The Labute approximate surface area is 112 Å². The van der Waals surface area contributed by atoms with E-state index in [0.717, 1.165) is 29.3 Å². The lowest BCUT2D eigenvalue weighted by Gasteiger charge is -2.15. The predicted molar refractivity (Wildman–Crippen MR) is 74.6 cm³/mol. The number of hydrogen-bond donors (Lipinski definition) is 1. The summed E-state index contributed by atoms with van der Waals surface area (Å²) in [5.74, 6) is 1.34. The summed E-state index contributed by atoms with van der Waals surface area (Å²) in [4.78, 5) is 8.71. The van der Waals surface area contributed by atoms with Crippen LogP contribution in [0.5, 0.6) is 0 Å². The Hall–Kier alpha value is -1.97. The third-order valence-corrected chi connectivity index (χ3v) is 2.99. The van der Waals surface area contributed by atoms with E-state index in [1.165, 1.54) is 12.1 Å². The van der Waals surface area contributed by atoms with Crippen LogP contribution in [0, 0.1) is 12.7 Å². The number of aromatic nitrogens is 2. The monoisotopic (exact) mass is 259 g/mol. The van der Waals surface area contributed by atoms with Crippen LogP contribution in [0.1, 0.15) is 37.0 Å². The van der Waals surface area contributed by atoms with E-state index in [0.29, 0.717) is 0 Å². The van der Waals surface area contributed by atoms with Crippen molar-refractivity contribution >= 4 is 5.82 Å². The van der Waals surface area contributed by atoms with Crippen LogP contribution in [0.25, 0.3) is 0 Å². The van der Waals surface area contributed by atoms with Gasteiger partial charge in [-0.1, -0.05) is 19.1 Å². The van der Waals surface area contributed by atoms with Gasteiger partial charge in [-0.05, 0) is 38.0 Å². The molecule has 0 radical (unpaired) electrons. The molecule has 0 aliphatic carbocycles. The summed E-state index contributed by atoms with van der Waals surface area (Å²) in [5.41, 5.74) is 2.04. The number of aryl methyl sites for hydroxylation is 2. The summed E-state index contributed by atoms with van der Waals surface area (Å²) in [6, 6.07) is 8.52. The number of rotatable bonds is 4. The maximum Gasteiger partial charge on any atom is 0.130 e. The van der Waals surface area contributed by atoms with Gasteiger partial charge in [0.05, 0.1) is 0 Å². The molecule has 0 spiro atoms. The molecule has 0 aliphatic heterocycles. The number of nitrogens with one attached hydrogen (secondary N) is 1. The van der Waals surface area contributed by atoms with Crippen molar-refractivity contribution < 1.29 is 4.39 Å². The minimum atomic E-state index is -0.220. The van der Waals surface area contributed by atoms with E-state index in [9.17, 15) is 4.39 Å². The molecule has 0 amide bonds. The molecule has 1 aromatic heterocycles. The van der Waals surface area contributed by atoms with Crippen molar-refractivity contribution in [3.63, 3.8) is 0 Å². The van der Waals surface area contributed by atoms with Crippen LogP contribution in [-0.2, 0) is 6.42 Å². The van der Waals surface area contributed by atoms with Gasteiger partial charge in [0.15, 0.2) is 0 Å². The lowest BCUT2D eigenvalue weighted by atomic mass is 10.1.